The summed E-state index contributed by atoms with van der Waals surface area (Å²) in [4.78, 5) is 0.0559. The first kappa shape index (κ1) is 15.3. The Bertz CT molecular complexity index is 299. The molecule has 0 aliphatic heterocycles. The van der Waals surface area contributed by atoms with E-state index >= 15 is 0 Å². The monoisotopic (exact) mass is 300 g/mol. The van der Waals surface area contributed by atoms with Crippen molar-refractivity contribution >= 4 is 26.1 Å². The number of nitrogens with zero attached hydrogens (tertiary/aromatic N) is 1. The SMILES string of the molecule is CC(C)N(C)S(=O)(=O)NC(C)(C)C(C)Br. The molecule has 1 atom stereocenters. The van der Waals surface area contributed by atoms with E-state index in [0.29, 0.717) is 0 Å². The van der Waals surface area contributed by atoms with Crippen LogP contribution in [0.5, 0.6) is 0 Å². The van der Waals surface area contributed by atoms with E-state index in [2.05, 4.69) is 20.7 Å². The summed E-state index contributed by atoms with van der Waals surface area (Å²) in [6.45, 7) is 9.28. The second-order valence-electron chi connectivity index (χ2n) is 4.55. The summed E-state index contributed by atoms with van der Waals surface area (Å²) in [5, 5.41) is 0. The summed E-state index contributed by atoms with van der Waals surface area (Å²) in [6.07, 6.45) is 0. The molecule has 0 spiro atoms. The molecule has 0 aromatic rings. The molecule has 1 unspecified atom stereocenters. The lowest BCUT2D eigenvalue weighted by Gasteiger charge is -2.32. The van der Waals surface area contributed by atoms with Gasteiger partial charge in [-0.05, 0) is 27.7 Å². The van der Waals surface area contributed by atoms with Crippen molar-refractivity contribution in [2.75, 3.05) is 7.05 Å². The van der Waals surface area contributed by atoms with Crippen LogP contribution in [0.4, 0.5) is 0 Å². The zero-order valence-corrected chi connectivity index (χ0v) is 12.6. The van der Waals surface area contributed by atoms with E-state index in [4.69, 9.17) is 0 Å². The van der Waals surface area contributed by atoms with E-state index in [9.17, 15) is 8.42 Å². The molecule has 0 aliphatic rings. The molecule has 0 radical (unpaired) electrons. The second kappa shape index (κ2) is 5.12. The molecule has 6 heteroatoms. The predicted octanol–water partition coefficient (Wildman–Crippen LogP) is 1.72. The van der Waals surface area contributed by atoms with Gasteiger partial charge in [0.25, 0.3) is 10.2 Å². The highest BCUT2D eigenvalue weighted by molar-refractivity contribution is 9.09. The topological polar surface area (TPSA) is 49.4 Å². The fraction of sp³-hybridized carbons (Fsp3) is 1.00. The highest BCUT2D eigenvalue weighted by atomic mass is 79.9. The van der Waals surface area contributed by atoms with Crippen molar-refractivity contribution in [3.63, 3.8) is 0 Å². The number of halogens is 1. The molecule has 92 valence electrons. The minimum atomic E-state index is -3.41. The summed E-state index contributed by atoms with van der Waals surface area (Å²) < 4.78 is 27.8. The van der Waals surface area contributed by atoms with Crippen molar-refractivity contribution in [3.05, 3.63) is 0 Å². The van der Waals surface area contributed by atoms with E-state index in [1.807, 2.05) is 34.6 Å². The van der Waals surface area contributed by atoms with E-state index in [-0.39, 0.29) is 10.9 Å². The Kier molecular flexibility index (Phi) is 5.24. The summed E-state index contributed by atoms with van der Waals surface area (Å²) >= 11 is 3.39. The molecule has 0 saturated carbocycles. The number of hydrogen-bond donors (Lipinski definition) is 1. The van der Waals surface area contributed by atoms with Gasteiger partial charge in [-0.25, -0.2) is 0 Å². The van der Waals surface area contributed by atoms with Crippen molar-refractivity contribution in [3.8, 4) is 0 Å². The number of rotatable bonds is 5. The van der Waals surface area contributed by atoms with Crippen molar-refractivity contribution in [1.82, 2.24) is 9.03 Å². The van der Waals surface area contributed by atoms with Gasteiger partial charge in [0.05, 0.1) is 0 Å². The Morgan fingerprint density at radius 2 is 1.67 bits per heavy atom. The van der Waals surface area contributed by atoms with Crippen LogP contribution in [0.1, 0.15) is 34.6 Å². The average molecular weight is 301 g/mol. The molecule has 0 bridgehead atoms. The predicted molar refractivity (Wildman–Crippen MR) is 67.4 cm³/mol. The van der Waals surface area contributed by atoms with Crippen LogP contribution in [-0.4, -0.2) is 36.2 Å². The highest BCUT2D eigenvalue weighted by Crippen LogP contribution is 2.18. The van der Waals surface area contributed by atoms with Crippen molar-refractivity contribution in [2.45, 2.75) is 51.0 Å². The lowest BCUT2D eigenvalue weighted by Crippen LogP contribution is -2.54. The van der Waals surface area contributed by atoms with Crippen LogP contribution in [0.3, 0.4) is 0 Å². The zero-order valence-electron chi connectivity index (χ0n) is 10.2. The minimum Gasteiger partial charge on any atom is -0.195 e. The standard InChI is InChI=1S/C9H21BrN2O2S/c1-7(2)12(6)15(13,14)11-9(4,5)8(3)10/h7-8,11H,1-6H3. The summed E-state index contributed by atoms with van der Waals surface area (Å²) in [5.41, 5.74) is -0.512. The molecular formula is C9H21BrN2O2S. The van der Waals surface area contributed by atoms with Crippen LogP contribution in [-0.2, 0) is 10.2 Å². The lowest BCUT2D eigenvalue weighted by atomic mass is 10.0. The van der Waals surface area contributed by atoms with E-state index < -0.39 is 15.7 Å². The Hall–Kier alpha value is 0.350. The maximum absolute atomic E-state index is 11.9. The van der Waals surface area contributed by atoms with Gasteiger partial charge < -0.3 is 0 Å². The first-order valence-electron chi connectivity index (χ1n) is 4.91. The molecule has 0 aromatic carbocycles. The third-order valence-corrected chi connectivity index (χ3v) is 5.60. The normalized spacial score (nSPS) is 16.1. The molecule has 1 N–H and O–H groups in total. The maximum atomic E-state index is 11.9. The summed E-state index contributed by atoms with van der Waals surface area (Å²) in [6, 6.07) is -0.0519. The lowest BCUT2D eigenvalue weighted by molar-refractivity contribution is 0.375. The molecule has 0 rings (SSSR count). The van der Waals surface area contributed by atoms with Gasteiger partial charge in [0.1, 0.15) is 0 Å². The van der Waals surface area contributed by atoms with Crippen LogP contribution in [0.15, 0.2) is 0 Å². The Balaban J connectivity index is 4.81. The third kappa shape index (κ3) is 4.38. The highest BCUT2D eigenvalue weighted by Gasteiger charge is 2.32. The van der Waals surface area contributed by atoms with Crippen LogP contribution in [0, 0.1) is 0 Å². The van der Waals surface area contributed by atoms with Gasteiger partial charge in [-0.3, -0.25) is 0 Å². The Labute approximate surface area is 102 Å². The van der Waals surface area contributed by atoms with Gasteiger partial charge >= 0.3 is 0 Å². The minimum absolute atomic E-state index is 0.0519. The Morgan fingerprint density at radius 1 is 1.27 bits per heavy atom. The Morgan fingerprint density at radius 3 is 1.93 bits per heavy atom. The smallest absolute Gasteiger partial charge is 0.195 e. The van der Waals surface area contributed by atoms with E-state index in [0.717, 1.165) is 0 Å². The quantitative estimate of drug-likeness (QED) is 0.786. The molecule has 0 aliphatic carbocycles. The first-order chi connectivity index (χ1) is 6.50. The van der Waals surface area contributed by atoms with Gasteiger partial charge in [0, 0.05) is 23.5 Å². The molecule has 15 heavy (non-hydrogen) atoms. The fourth-order valence-electron chi connectivity index (χ4n) is 0.763. The first-order valence-corrected chi connectivity index (χ1v) is 7.27. The number of hydrogen-bond acceptors (Lipinski definition) is 2. The van der Waals surface area contributed by atoms with Crippen LogP contribution in [0.2, 0.25) is 0 Å². The van der Waals surface area contributed by atoms with Crippen molar-refractivity contribution < 1.29 is 8.42 Å². The molecule has 0 saturated heterocycles. The summed E-state index contributed by atoms with van der Waals surface area (Å²) in [7, 11) is -1.84. The number of alkyl halides is 1. The molecule has 0 amide bonds. The van der Waals surface area contributed by atoms with Gasteiger partial charge in [-0.2, -0.15) is 17.4 Å². The van der Waals surface area contributed by atoms with Gasteiger partial charge in [0.15, 0.2) is 0 Å². The summed E-state index contributed by atoms with van der Waals surface area (Å²) in [5.74, 6) is 0. The van der Waals surface area contributed by atoms with Crippen LogP contribution < -0.4 is 4.72 Å². The second-order valence-corrected chi connectivity index (χ2v) is 7.66. The number of nitrogens with one attached hydrogen (secondary N) is 1. The molecule has 0 heterocycles. The maximum Gasteiger partial charge on any atom is 0.279 e. The van der Waals surface area contributed by atoms with Gasteiger partial charge in [0.2, 0.25) is 0 Å². The van der Waals surface area contributed by atoms with Crippen molar-refractivity contribution in [1.29, 1.82) is 0 Å². The molecular weight excluding hydrogens is 280 g/mol. The molecule has 4 nitrogen and oxygen atoms in total. The van der Waals surface area contributed by atoms with Crippen LogP contribution >= 0.6 is 15.9 Å². The van der Waals surface area contributed by atoms with E-state index in [1.165, 1.54) is 4.31 Å². The van der Waals surface area contributed by atoms with Gasteiger partial charge in [-0.15, -0.1) is 0 Å². The van der Waals surface area contributed by atoms with Gasteiger partial charge in [-0.1, -0.05) is 22.9 Å². The molecule has 0 fully saturated rings. The largest absolute Gasteiger partial charge is 0.279 e. The van der Waals surface area contributed by atoms with E-state index in [1.54, 1.807) is 7.05 Å². The zero-order chi connectivity index (χ0) is 12.4. The molecule has 0 aromatic heterocycles. The third-order valence-electron chi connectivity index (χ3n) is 2.49. The fourth-order valence-corrected chi connectivity index (χ4v) is 2.57. The van der Waals surface area contributed by atoms with Crippen LogP contribution in [0.25, 0.3) is 0 Å². The van der Waals surface area contributed by atoms with Crippen molar-refractivity contribution in [2.24, 2.45) is 0 Å². The average Bonchev–Trinajstić information content (AvgIpc) is 2.00.